The maximum atomic E-state index is 12.0. The van der Waals surface area contributed by atoms with E-state index in [9.17, 15) is 9.59 Å². The second-order valence-electron chi connectivity index (χ2n) is 4.75. The van der Waals surface area contributed by atoms with Crippen molar-refractivity contribution in [2.24, 2.45) is 0 Å². The van der Waals surface area contributed by atoms with Crippen molar-refractivity contribution in [3.63, 3.8) is 0 Å². The Balaban J connectivity index is 1.99. The summed E-state index contributed by atoms with van der Waals surface area (Å²) < 4.78 is 4.95. The van der Waals surface area contributed by atoms with E-state index in [1.54, 1.807) is 0 Å². The molecular formula is C16H19N3O3. The molecule has 2 aromatic rings. The Morgan fingerprint density at radius 1 is 1.18 bits per heavy atom. The smallest absolute Gasteiger partial charge is 0.356 e. The van der Waals surface area contributed by atoms with Gasteiger partial charge in [-0.25, -0.2) is 4.79 Å². The van der Waals surface area contributed by atoms with Crippen LogP contribution in [0.15, 0.2) is 30.5 Å². The molecule has 6 heteroatoms. The highest BCUT2D eigenvalue weighted by Crippen LogP contribution is 2.22. The molecule has 22 heavy (non-hydrogen) atoms. The van der Waals surface area contributed by atoms with E-state index in [-0.39, 0.29) is 18.2 Å². The van der Waals surface area contributed by atoms with Gasteiger partial charge in [-0.3, -0.25) is 9.89 Å². The van der Waals surface area contributed by atoms with Crippen molar-refractivity contribution in [1.82, 2.24) is 10.2 Å². The Hall–Kier alpha value is -2.63. The Labute approximate surface area is 128 Å². The van der Waals surface area contributed by atoms with Crippen LogP contribution in [0.5, 0.6) is 0 Å². The van der Waals surface area contributed by atoms with Gasteiger partial charge in [0.15, 0.2) is 6.61 Å². The molecule has 0 aliphatic carbocycles. The summed E-state index contributed by atoms with van der Waals surface area (Å²) >= 11 is 0. The molecule has 0 saturated carbocycles. The average molecular weight is 301 g/mol. The fourth-order valence-corrected chi connectivity index (χ4v) is 2.16. The molecule has 1 amide bonds. The summed E-state index contributed by atoms with van der Waals surface area (Å²) in [6, 6.07) is 7.42. The second kappa shape index (κ2) is 7.40. The molecule has 0 bridgehead atoms. The van der Waals surface area contributed by atoms with Crippen LogP contribution in [0.3, 0.4) is 0 Å². The van der Waals surface area contributed by atoms with E-state index in [0.29, 0.717) is 0 Å². The Kier molecular flexibility index (Phi) is 5.30. The third kappa shape index (κ3) is 3.72. The number of rotatable bonds is 6. The summed E-state index contributed by atoms with van der Waals surface area (Å²) in [7, 11) is 0. The highest BCUT2D eigenvalue weighted by molar-refractivity contribution is 5.95. The number of carbonyl (C=O) groups is 2. The molecule has 116 valence electrons. The molecule has 1 aromatic carbocycles. The monoisotopic (exact) mass is 301 g/mol. The quantitative estimate of drug-likeness (QED) is 0.802. The molecule has 0 radical (unpaired) electrons. The lowest BCUT2D eigenvalue weighted by Gasteiger charge is -2.14. The lowest BCUT2D eigenvalue weighted by molar-refractivity contribution is -0.119. The average Bonchev–Trinajstić information content (AvgIpc) is 3.07. The molecule has 0 spiro atoms. The van der Waals surface area contributed by atoms with Crippen molar-refractivity contribution in [3.05, 3.63) is 47.3 Å². The summed E-state index contributed by atoms with van der Waals surface area (Å²) in [5.41, 5.74) is 3.16. The van der Waals surface area contributed by atoms with Gasteiger partial charge < -0.3 is 10.1 Å². The van der Waals surface area contributed by atoms with Crippen LogP contribution in [-0.2, 0) is 22.4 Å². The molecule has 0 aliphatic heterocycles. The molecule has 2 rings (SSSR count). The number of anilines is 1. The van der Waals surface area contributed by atoms with Crippen LogP contribution in [-0.4, -0.2) is 28.7 Å². The predicted molar refractivity (Wildman–Crippen MR) is 82.7 cm³/mol. The number of benzene rings is 1. The molecule has 0 fully saturated rings. The zero-order valence-electron chi connectivity index (χ0n) is 12.7. The minimum absolute atomic E-state index is 0.219. The van der Waals surface area contributed by atoms with Crippen LogP contribution in [0, 0.1) is 0 Å². The zero-order chi connectivity index (χ0) is 15.9. The fourth-order valence-electron chi connectivity index (χ4n) is 2.16. The van der Waals surface area contributed by atoms with E-state index in [1.807, 2.05) is 32.0 Å². The Morgan fingerprint density at radius 2 is 1.86 bits per heavy atom. The first-order valence-corrected chi connectivity index (χ1v) is 7.22. The lowest BCUT2D eigenvalue weighted by atomic mass is 10.0. The normalized spacial score (nSPS) is 10.3. The Morgan fingerprint density at radius 3 is 2.41 bits per heavy atom. The number of hydrogen-bond donors (Lipinski definition) is 2. The third-order valence-electron chi connectivity index (χ3n) is 3.32. The number of para-hydroxylation sites is 1. The number of aromatic nitrogens is 2. The van der Waals surface area contributed by atoms with E-state index in [1.165, 1.54) is 12.3 Å². The zero-order valence-corrected chi connectivity index (χ0v) is 12.7. The molecule has 1 aromatic heterocycles. The number of nitrogens with one attached hydrogen (secondary N) is 2. The van der Waals surface area contributed by atoms with Crippen molar-refractivity contribution in [3.8, 4) is 0 Å². The molecule has 0 unspecified atom stereocenters. The number of amides is 1. The van der Waals surface area contributed by atoms with E-state index in [4.69, 9.17) is 4.74 Å². The van der Waals surface area contributed by atoms with Crippen LogP contribution >= 0.6 is 0 Å². The van der Waals surface area contributed by atoms with Gasteiger partial charge in [-0.15, -0.1) is 0 Å². The molecule has 1 heterocycles. The number of carbonyl (C=O) groups excluding carboxylic acids is 2. The Bertz CT molecular complexity index is 628. The summed E-state index contributed by atoms with van der Waals surface area (Å²) in [6.45, 7) is 3.73. The first kappa shape index (κ1) is 15.8. The van der Waals surface area contributed by atoms with Crippen LogP contribution in [0.2, 0.25) is 0 Å². The first-order chi connectivity index (χ1) is 10.7. The molecule has 0 aliphatic rings. The minimum atomic E-state index is -0.604. The second-order valence-corrected chi connectivity index (χ2v) is 4.75. The number of esters is 1. The number of ether oxygens (including phenoxy) is 1. The fraction of sp³-hybridized carbons (Fsp3) is 0.312. The summed E-state index contributed by atoms with van der Waals surface area (Å²) in [6.07, 6.45) is 3.08. The van der Waals surface area contributed by atoms with Gasteiger partial charge in [0.2, 0.25) is 0 Å². The lowest BCUT2D eigenvalue weighted by Crippen LogP contribution is -2.22. The van der Waals surface area contributed by atoms with Crippen LogP contribution in [0.4, 0.5) is 5.69 Å². The highest BCUT2D eigenvalue weighted by Gasteiger charge is 2.13. The van der Waals surface area contributed by atoms with Gasteiger partial charge in [-0.2, -0.15) is 5.10 Å². The van der Waals surface area contributed by atoms with Crippen molar-refractivity contribution in [2.45, 2.75) is 26.7 Å². The predicted octanol–water partition coefficient (Wildman–Crippen LogP) is 2.33. The number of aryl methyl sites for hydroxylation is 2. The molecular weight excluding hydrogens is 282 g/mol. The SMILES string of the molecule is CCc1cccc(CC)c1NC(=O)COC(=O)c1ccn[nH]1. The van der Waals surface area contributed by atoms with Gasteiger partial charge in [0, 0.05) is 11.9 Å². The van der Waals surface area contributed by atoms with Crippen LogP contribution < -0.4 is 5.32 Å². The van der Waals surface area contributed by atoms with Crippen molar-refractivity contribution in [1.29, 1.82) is 0 Å². The van der Waals surface area contributed by atoms with Gasteiger partial charge in [0.25, 0.3) is 5.91 Å². The molecule has 6 nitrogen and oxygen atoms in total. The number of hydrogen-bond acceptors (Lipinski definition) is 4. The summed E-state index contributed by atoms with van der Waals surface area (Å²) in [5, 5.41) is 8.99. The van der Waals surface area contributed by atoms with E-state index in [0.717, 1.165) is 29.7 Å². The van der Waals surface area contributed by atoms with E-state index < -0.39 is 5.97 Å². The standard InChI is InChI=1S/C16H19N3O3/c1-3-11-6-5-7-12(4-2)15(11)18-14(20)10-22-16(21)13-8-9-17-19-13/h5-9H,3-4,10H2,1-2H3,(H,17,19)(H,18,20). The van der Waals surface area contributed by atoms with Crippen molar-refractivity contribution < 1.29 is 14.3 Å². The van der Waals surface area contributed by atoms with Crippen LogP contribution in [0.1, 0.15) is 35.5 Å². The van der Waals surface area contributed by atoms with Gasteiger partial charge in [0.1, 0.15) is 5.69 Å². The largest absolute Gasteiger partial charge is 0.451 e. The maximum Gasteiger partial charge on any atom is 0.356 e. The minimum Gasteiger partial charge on any atom is -0.451 e. The molecule has 0 atom stereocenters. The number of H-pyrrole nitrogens is 1. The highest BCUT2D eigenvalue weighted by atomic mass is 16.5. The number of nitrogens with zero attached hydrogens (tertiary/aromatic N) is 1. The van der Waals surface area contributed by atoms with Crippen molar-refractivity contribution >= 4 is 17.6 Å². The van der Waals surface area contributed by atoms with Gasteiger partial charge >= 0.3 is 5.97 Å². The molecule has 2 N–H and O–H groups in total. The van der Waals surface area contributed by atoms with Crippen LogP contribution in [0.25, 0.3) is 0 Å². The summed E-state index contributed by atoms with van der Waals surface area (Å²) in [4.78, 5) is 23.6. The number of aromatic amines is 1. The van der Waals surface area contributed by atoms with E-state index >= 15 is 0 Å². The summed E-state index contributed by atoms with van der Waals surface area (Å²) in [5.74, 6) is -0.962. The first-order valence-electron chi connectivity index (χ1n) is 7.22. The van der Waals surface area contributed by atoms with Gasteiger partial charge in [-0.1, -0.05) is 32.0 Å². The van der Waals surface area contributed by atoms with E-state index in [2.05, 4.69) is 15.5 Å². The van der Waals surface area contributed by atoms with Gasteiger partial charge in [0.05, 0.1) is 0 Å². The maximum absolute atomic E-state index is 12.0. The third-order valence-corrected chi connectivity index (χ3v) is 3.32. The topological polar surface area (TPSA) is 84.1 Å². The van der Waals surface area contributed by atoms with Crippen molar-refractivity contribution in [2.75, 3.05) is 11.9 Å². The molecule has 0 saturated heterocycles. The van der Waals surface area contributed by atoms with Gasteiger partial charge in [-0.05, 0) is 30.0 Å².